The molecule has 1 heterocycles. The van der Waals surface area contributed by atoms with E-state index in [4.69, 9.17) is 0 Å². The first-order valence-electron chi connectivity index (χ1n) is 6.68. The molecule has 0 saturated carbocycles. The zero-order valence-corrected chi connectivity index (χ0v) is 11.1. The van der Waals surface area contributed by atoms with Crippen molar-refractivity contribution >= 4 is 11.6 Å². The topological polar surface area (TPSA) is 66.1 Å². The van der Waals surface area contributed by atoms with Crippen molar-refractivity contribution in [3.05, 3.63) is 29.8 Å². The summed E-state index contributed by atoms with van der Waals surface area (Å²) in [7, 11) is 0. The molecule has 3 N–H and O–H groups in total. The van der Waals surface area contributed by atoms with E-state index in [2.05, 4.69) is 17.5 Å². The molecule has 102 valence electrons. The number of phenols is 1. The summed E-state index contributed by atoms with van der Waals surface area (Å²) >= 11 is 0. The number of benzene rings is 1. The molecular formula is C14H20N3O2+. The molecule has 5 nitrogen and oxygen atoms in total. The Labute approximate surface area is 112 Å². The SMILES string of the molecule is CC[NH+]1CCC(=NNC(=O)c2ccccc2O)CC1. The number of likely N-dealkylation sites (tertiary alicyclic amines) is 1. The van der Waals surface area contributed by atoms with Crippen molar-refractivity contribution < 1.29 is 14.8 Å². The predicted molar refractivity (Wildman–Crippen MR) is 73.5 cm³/mol. The van der Waals surface area contributed by atoms with Crippen molar-refractivity contribution in [2.45, 2.75) is 19.8 Å². The van der Waals surface area contributed by atoms with Crippen LogP contribution in [0, 0.1) is 0 Å². The third-order valence-electron chi connectivity index (χ3n) is 3.50. The van der Waals surface area contributed by atoms with E-state index in [-0.39, 0.29) is 17.2 Å². The predicted octanol–water partition coefficient (Wildman–Crippen LogP) is 0.177. The van der Waals surface area contributed by atoms with Gasteiger partial charge in [-0.3, -0.25) is 4.79 Å². The van der Waals surface area contributed by atoms with Gasteiger partial charge in [0, 0.05) is 18.6 Å². The first-order valence-corrected chi connectivity index (χ1v) is 6.68. The molecule has 0 atom stereocenters. The van der Waals surface area contributed by atoms with Crippen molar-refractivity contribution in [1.82, 2.24) is 5.43 Å². The summed E-state index contributed by atoms with van der Waals surface area (Å²) in [6.45, 7) is 5.46. The molecule has 19 heavy (non-hydrogen) atoms. The lowest BCUT2D eigenvalue weighted by Crippen LogP contribution is -3.12. The molecule has 1 fully saturated rings. The van der Waals surface area contributed by atoms with Gasteiger partial charge >= 0.3 is 0 Å². The molecule has 0 spiro atoms. The Kier molecular flexibility index (Phi) is 4.52. The Morgan fingerprint density at radius 2 is 2.05 bits per heavy atom. The third kappa shape index (κ3) is 3.54. The summed E-state index contributed by atoms with van der Waals surface area (Å²) in [5, 5.41) is 13.7. The lowest BCUT2D eigenvalue weighted by Gasteiger charge is -2.23. The first kappa shape index (κ1) is 13.5. The number of aromatic hydroxyl groups is 1. The van der Waals surface area contributed by atoms with Crippen LogP contribution in [0.25, 0.3) is 0 Å². The summed E-state index contributed by atoms with van der Waals surface area (Å²) in [6.07, 6.45) is 1.84. The molecule has 5 heteroatoms. The fourth-order valence-corrected chi connectivity index (χ4v) is 2.21. The number of carbonyl (C=O) groups is 1. The Morgan fingerprint density at radius 3 is 2.68 bits per heavy atom. The molecule has 1 amide bonds. The van der Waals surface area contributed by atoms with E-state index in [0.717, 1.165) is 38.2 Å². The van der Waals surface area contributed by atoms with Gasteiger partial charge in [0.05, 0.1) is 25.2 Å². The van der Waals surface area contributed by atoms with Gasteiger partial charge in [-0.1, -0.05) is 12.1 Å². The van der Waals surface area contributed by atoms with Crippen molar-refractivity contribution in [2.75, 3.05) is 19.6 Å². The molecule has 0 unspecified atom stereocenters. The highest BCUT2D eigenvalue weighted by atomic mass is 16.3. The molecule has 1 saturated heterocycles. The van der Waals surface area contributed by atoms with Gasteiger partial charge in [0.15, 0.2) is 0 Å². The highest BCUT2D eigenvalue weighted by molar-refractivity contribution is 5.97. The Bertz CT molecular complexity index is 475. The van der Waals surface area contributed by atoms with Gasteiger partial charge in [0.1, 0.15) is 5.75 Å². The third-order valence-corrected chi connectivity index (χ3v) is 3.50. The van der Waals surface area contributed by atoms with Gasteiger partial charge in [-0.05, 0) is 19.1 Å². The molecule has 0 aliphatic carbocycles. The van der Waals surface area contributed by atoms with Crippen molar-refractivity contribution in [2.24, 2.45) is 5.10 Å². The van der Waals surface area contributed by atoms with Gasteiger partial charge in [-0.15, -0.1) is 0 Å². The number of hydrogen-bond donors (Lipinski definition) is 3. The monoisotopic (exact) mass is 262 g/mol. The number of hydrazone groups is 1. The second kappa shape index (κ2) is 6.33. The number of phenolic OH excluding ortho intramolecular Hbond substituents is 1. The second-order valence-corrected chi connectivity index (χ2v) is 4.74. The van der Waals surface area contributed by atoms with E-state index in [1.807, 2.05) is 0 Å². The average Bonchev–Trinajstić information content (AvgIpc) is 2.46. The van der Waals surface area contributed by atoms with Crippen LogP contribution in [-0.4, -0.2) is 36.4 Å². The van der Waals surface area contributed by atoms with Crippen LogP contribution in [0.15, 0.2) is 29.4 Å². The number of amides is 1. The van der Waals surface area contributed by atoms with E-state index in [1.165, 1.54) is 6.07 Å². The van der Waals surface area contributed by atoms with Crippen LogP contribution in [0.1, 0.15) is 30.1 Å². The minimum atomic E-state index is -0.365. The van der Waals surface area contributed by atoms with Crippen LogP contribution >= 0.6 is 0 Å². The van der Waals surface area contributed by atoms with Gasteiger partial charge in [0.25, 0.3) is 5.91 Å². The standard InChI is InChI=1S/C14H19N3O2/c1-2-17-9-7-11(8-10-17)15-16-14(19)12-5-3-4-6-13(12)18/h3-6,18H,2,7-10H2,1H3,(H,16,19)/p+1. The maximum Gasteiger partial charge on any atom is 0.275 e. The van der Waals surface area contributed by atoms with E-state index in [9.17, 15) is 9.90 Å². The number of quaternary nitrogens is 1. The number of carbonyl (C=O) groups excluding carboxylic acids is 1. The van der Waals surface area contributed by atoms with Crippen LogP contribution in [0.2, 0.25) is 0 Å². The number of rotatable bonds is 3. The fourth-order valence-electron chi connectivity index (χ4n) is 2.21. The lowest BCUT2D eigenvalue weighted by atomic mass is 10.1. The number of hydrogen-bond acceptors (Lipinski definition) is 3. The zero-order chi connectivity index (χ0) is 13.7. The van der Waals surface area contributed by atoms with E-state index >= 15 is 0 Å². The van der Waals surface area contributed by atoms with E-state index in [1.54, 1.807) is 23.1 Å². The highest BCUT2D eigenvalue weighted by Crippen LogP contribution is 2.14. The van der Waals surface area contributed by atoms with Crippen LogP contribution in [0.5, 0.6) is 5.75 Å². The number of nitrogens with one attached hydrogen (secondary N) is 2. The Morgan fingerprint density at radius 1 is 1.37 bits per heavy atom. The van der Waals surface area contributed by atoms with Crippen LogP contribution in [0.4, 0.5) is 0 Å². The quantitative estimate of drug-likeness (QED) is 0.680. The summed E-state index contributed by atoms with van der Waals surface area (Å²) < 4.78 is 0. The van der Waals surface area contributed by atoms with Gasteiger partial charge in [-0.2, -0.15) is 5.10 Å². The van der Waals surface area contributed by atoms with Crippen LogP contribution in [-0.2, 0) is 0 Å². The number of nitrogens with zero attached hydrogens (tertiary/aromatic N) is 1. The molecule has 1 aromatic rings. The summed E-state index contributed by atoms with van der Waals surface area (Å²) in [5.41, 5.74) is 3.80. The maximum absolute atomic E-state index is 11.8. The van der Waals surface area contributed by atoms with E-state index < -0.39 is 0 Å². The Hall–Kier alpha value is -1.88. The molecule has 0 radical (unpaired) electrons. The van der Waals surface area contributed by atoms with Crippen molar-refractivity contribution in [1.29, 1.82) is 0 Å². The average molecular weight is 262 g/mol. The van der Waals surface area contributed by atoms with Crippen molar-refractivity contribution in [3.8, 4) is 5.75 Å². The summed E-state index contributed by atoms with van der Waals surface area (Å²) in [4.78, 5) is 13.4. The summed E-state index contributed by atoms with van der Waals surface area (Å²) in [6, 6.07) is 6.46. The molecule has 1 aliphatic heterocycles. The number of para-hydroxylation sites is 1. The van der Waals surface area contributed by atoms with Gasteiger partial charge in [-0.25, -0.2) is 5.43 Å². The molecule has 0 bridgehead atoms. The van der Waals surface area contributed by atoms with E-state index in [0.29, 0.717) is 0 Å². The minimum absolute atomic E-state index is 0.0227. The van der Waals surface area contributed by atoms with Crippen molar-refractivity contribution in [3.63, 3.8) is 0 Å². The van der Waals surface area contributed by atoms with Crippen LogP contribution < -0.4 is 10.3 Å². The summed E-state index contributed by atoms with van der Waals surface area (Å²) in [5.74, 6) is -0.388. The normalized spacial score (nSPS) is 19.0. The molecule has 1 aliphatic rings. The zero-order valence-electron chi connectivity index (χ0n) is 11.1. The molecule has 2 rings (SSSR count). The minimum Gasteiger partial charge on any atom is -0.507 e. The fraction of sp³-hybridized carbons (Fsp3) is 0.429. The molecule has 1 aromatic carbocycles. The smallest absolute Gasteiger partial charge is 0.275 e. The van der Waals surface area contributed by atoms with Crippen LogP contribution in [0.3, 0.4) is 0 Å². The first-order chi connectivity index (χ1) is 9.20. The highest BCUT2D eigenvalue weighted by Gasteiger charge is 2.17. The number of piperidine rings is 1. The lowest BCUT2D eigenvalue weighted by molar-refractivity contribution is -0.899. The second-order valence-electron chi connectivity index (χ2n) is 4.74. The van der Waals surface area contributed by atoms with Gasteiger partial charge < -0.3 is 10.0 Å². The molecule has 0 aromatic heterocycles. The maximum atomic E-state index is 11.8. The Balaban J connectivity index is 1.92. The largest absolute Gasteiger partial charge is 0.507 e. The molecular weight excluding hydrogens is 242 g/mol. The van der Waals surface area contributed by atoms with Gasteiger partial charge in [0.2, 0.25) is 0 Å².